The quantitative estimate of drug-likeness (QED) is 0.0278. The Morgan fingerprint density at radius 2 is 1.10 bits per heavy atom. The first kappa shape index (κ1) is 49.5. The monoisotopic (exact) mass is 749 g/mol. The van der Waals surface area contributed by atoms with Crippen LogP contribution in [-0.4, -0.2) is 49.3 Å². The number of phosphoric ester groups is 1. The number of phosphoric acid groups is 1. The van der Waals surface area contributed by atoms with E-state index in [1.54, 1.807) is 0 Å². The summed E-state index contributed by atoms with van der Waals surface area (Å²) in [4.78, 5) is 34.7. The highest BCUT2D eigenvalue weighted by Crippen LogP contribution is 2.43. The van der Waals surface area contributed by atoms with Gasteiger partial charge in [0.15, 0.2) is 6.10 Å². The maximum absolute atomic E-state index is 12.5. The molecule has 0 spiro atoms. The molecule has 0 radical (unpaired) electrons. The van der Waals surface area contributed by atoms with E-state index in [9.17, 15) is 19.0 Å². The molecule has 298 valence electrons. The highest BCUT2D eigenvalue weighted by molar-refractivity contribution is 7.47. The van der Waals surface area contributed by atoms with E-state index < -0.39 is 32.5 Å². The van der Waals surface area contributed by atoms with Crippen LogP contribution in [0.15, 0.2) is 72.9 Å². The molecule has 0 aliphatic carbocycles. The van der Waals surface area contributed by atoms with E-state index in [1.807, 2.05) is 12.2 Å². The van der Waals surface area contributed by atoms with Crippen LogP contribution in [0.3, 0.4) is 0 Å². The van der Waals surface area contributed by atoms with E-state index in [-0.39, 0.29) is 32.6 Å². The van der Waals surface area contributed by atoms with Crippen molar-refractivity contribution in [1.29, 1.82) is 0 Å². The Kier molecular flexibility index (Phi) is 36.3. The lowest BCUT2D eigenvalue weighted by Gasteiger charge is -2.19. The third kappa shape index (κ3) is 37.2. The maximum Gasteiger partial charge on any atom is 0.472 e. The predicted octanol–water partition coefficient (Wildman–Crippen LogP) is 11.1. The van der Waals surface area contributed by atoms with E-state index in [4.69, 9.17) is 24.3 Å². The number of carbonyl (C=O) groups is 2. The van der Waals surface area contributed by atoms with E-state index in [2.05, 4.69) is 74.6 Å². The Morgan fingerprint density at radius 3 is 1.65 bits per heavy atom. The van der Waals surface area contributed by atoms with Crippen LogP contribution < -0.4 is 5.73 Å². The second kappa shape index (κ2) is 38.2. The second-order valence-corrected chi connectivity index (χ2v) is 14.2. The van der Waals surface area contributed by atoms with Gasteiger partial charge in [0.25, 0.3) is 0 Å². The fourth-order valence-electron chi connectivity index (χ4n) is 4.91. The van der Waals surface area contributed by atoms with Crippen LogP contribution in [0.25, 0.3) is 0 Å². The van der Waals surface area contributed by atoms with Crippen molar-refractivity contribution in [2.75, 3.05) is 26.4 Å². The Labute approximate surface area is 316 Å². The summed E-state index contributed by atoms with van der Waals surface area (Å²) in [7, 11) is -4.40. The SMILES string of the molecule is CC/C=C\C/C=C\C/C=C\C/C=C\CCC(=O)OC(COC(=O)CCCCCCCCC/C=C\C/C=C\CCCCCC)COP(=O)(O)OCCN. The van der Waals surface area contributed by atoms with Gasteiger partial charge in [0.1, 0.15) is 6.61 Å². The van der Waals surface area contributed by atoms with Crippen LogP contribution >= 0.6 is 7.82 Å². The zero-order chi connectivity index (χ0) is 38.2. The molecule has 0 saturated carbocycles. The second-order valence-electron chi connectivity index (χ2n) is 12.8. The number of ether oxygens (including phenoxy) is 2. The number of allylic oxidation sites excluding steroid dienone is 12. The molecule has 0 aromatic heterocycles. The third-order valence-corrected chi connectivity index (χ3v) is 8.82. The molecule has 2 atom stereocenters. The molecule has 0 heterocycles. The molecule has 0 amide bonds. The van der Waals surface area contributed by atoms with Gasteiger partial charge >= 0.3 is 19.8 Å². The van der Waals surface area contributed by atoms with Gasteiger partial charge < -0.3 is 20.1 Å². The molecule has 9 nitrogen and oxygen atoms in total. The standard InChI is InChI=1S/C42H72NO8P/c1-3-5-7-9-11-13-15-17-18-19-20-21-23-24-26-28-30-32-34-41(44)48-38-40(39-50-52(46,47)49-37-36-43)51-42(45)35-33-31-29-27-25-22-16-14-12-10-8-6-4-2/h6,8,12-15,18-19,22,25,29,31,40H,3-5,7,9-11,16-17,20-21,23-24,26-28,30,32-39,43H2,1-2H3,(H,46,47)/b8-6-,14-12-,15-13-,19-18-,25-22-,31-29-. The van der Waals surface area contributed by atoms with Crippen molar-refractivity contribution in [3.8, 4) is 0 Å². The average Bonchev–Trinajstić information content (AvgIpc) is 3.13. The van der Waals surface area contributed by atoms with Gasteiger partial charge in [0.05, 0.1) is 13.2 Å². The normalized spacial score (nSPS) is 14.2. The van der Waals surface area contributed by atoms with Gasteiger partial charge in [-0.3, -0.25) is 18.6 Å². The van der Waals surface area contributed by atoms with Crippen LogP contribution in [-0.2, 0) is 32.7 Å². The van der Waals surface area contributed by atoms with E-state index in [0.717, 1.165) is 57.8 Å². The van der Waals surface area contributed by atoms with Gasteiger partial charge in [-0.1, -0.05) is 138 Å². The van der Waals surface area contributed by atoms with E-state index >= 15 is 0 Å². The molecule has 0 aromatic carbocycles. The van der Waals surface area contributed by atoms with Crippen LogP contribution in [0.2, 0.25) is 0 Å². The molecule has 0 aromatic rings. The van der Waals surface area contributed by atoms with Crippen LogP contribution in [0, 0.1) is 0 Å². The number of esters is 2. The Morgan fingerprint density at radius 1 is 0.596 bits per heavy atom. The van der Waals surface area contributed by atoms with Crippen molar-refractivity contribution in [2.24, 2.45) is 5.73 Å². The number of hydrogen-bond acceptors (Lipinski definition) is 8. The topological polar surface area (TPSA) is 134 Å². The largest absolute Gasteiger partial charge is 0.472 e. The molecular weight excluding hydrogens is 677 g/mol. The van der Waals surface area contributed by atoms with Crippen LogP contribution in [0.4, 0.5) is 0 Å². The van der Waals surface area contributed by atoms with Crippen molar-refractivity contribution in [3.05, 3.63) is 72.9 Å². The smallest absolute Gasteiger partial charge is 0.462 e. The highest BCUT2D eigenvalue weighted by Gasteiger charge is 2.25. The van der Waals surface area contributed by atoms with Crippen molar-refractivity contribution in [2.45, 2.75) is 155 Å². The minimum absolute atomic E-state index is 0.0381. The average molecular weight is 750 g/mol. The van der Waals surface area contributed by atoms with Crippen LogP contribution in [0.1, 0.15) is 149 Å². The molecule has 3 N–H and O–H groups in total. The van der Waals surface area contributed by atoms with Crippen molar-refractivity contribution in [3.63, 3.8) is 0 Å². The molecule has 0 fully saturated rings. The molecule has 10 heteroatoms. The summed E-state index contributed by atoms with van der Waals surface area (Å²) in [6, 6.07) is 0. The summed E-state index contributed by atoms with van der Waals surface area (Å²) in [5.74, 6) is -0.940. The van der Waals surface area contributed by atoms with Gasteiger partial charge in [0.2, 0.25) is 0 Å². The first-order chi connectivity index (χ1) is 25.3. The molecule has 2 unspecified atom stereocenters. The van der Waals surface area contributed by atoms with Crippen molar-refractivity contribution in [1.82, 2.24) is 0 Å². The fourth-order valence-corrected chi connectivity index (χ4v) is 5.68. The molecule has 0 aliphatic rings. The van der Waals surface area contributed by atoms with Crippen LogP contribution in [0.5, 0.6) is 0 Å². The van der Waals surface area contributed by atoms with Gasteiger partial charge in [-0.25, -0.2) is 4.57 Å². The van der Waals surface area contributed by atoms with E-state index in [1.165, 1.54) is 51.4 Å². The minimum atomic E-state index is -4.40. The molecule has 0 saturated heterocycles. The first-order valence-electron chi connectivity index (χ1n) is 19.9. The molecule has 0 aliphatic heterocycles. The minimum Gasteiger partial charge on any atom is -0.462 e. The molecule has 0 bridgehead atoms. The van der Waals surface area contributed by atoms with Gasteiger partial charge in [0, 0.05) is 19.4 Å². The lowest BCUT2D eigenvalue weighted by Crippen LogP contribution is -2.29. The lowest BCUT2D eigenvalue weighted by molar-refractivity contribution is -0.161. The van der Waals surface area contributed by atoms with Crippen molar-refractivity contribution < 1.29 is 37.6 Å². The lowest BCUT2D eigenvalue weighted by atomic mass is 10.1. The summed E-state index contributed by atoms with van der Waals surface area (Å²) >= 11 is 0. The molecular formula is C42H72NO8P. The predicted molar refractivity (Wildman–Crippen MR) is 215 cm³/mol. The zero-order valence-corrected chi connectivity index (χ0v) is 33.4. The summed E-state index contributed by atoms with van der Waals surface area (Å²) in [6.07, 6.45) is 45.2. The molecule has 52 heavy (non-hydrogen) atoms. The summed E-state index contributed by atoms with van der Waals surface area (Å²) in [6.45, 7) is 3.48. The summed E-state index contributed by atoms with van der Waals surface area (Å²) in [5, 5.41) is 0. The Balaban J connectivity index is 4.29. The van der Waals surface area contributed by atoms with Gasteiger partial charge in [-0.2, -0.15) is 0 Å². The van der Waals surface area contributed by atoms with E-state index in [0.29, 0.717) is 12.8 Å². The fraction of sp³-hybridized carbons (Fsp3) is 0.667. The summed E-state index contributed by atoms with van der Waals surface area (Å²) in [5.41, 5.74) is 5.33. The zero-order valence-electron chi connectivity index (χ0n) is 32.5. The highest BCUT2D eigenvalue weighted by atomic mass is 31.2. The number of hydrogen-bond donors (Lipinski definition) is 2. The summed E-state index contributed by atoms with van der Waals surface area (Å²) < 4.78 is 32.6. The van der Waals surface area contributed by atoms with Gasteiger partial charge in [-0.05, 0) is 70.6 Å². The number of rotatable bonds is 36. The first-order valence-corrected chi connectivity index (χ1v) is 21.4. The number of carbonyl (C=O) groups excluding carboxylic acids is 2. The Hall–Kier alpha value is -2.55. The van der Waals surface area contributed by atoms with Gasteiger partial charge in [-0.15, -0.1) is 0 Å². The number of nitrogens with two attached hydrogens (primary N) is 1. The molecule has 0 rings (SSSR count). The maximum atomic E-state index is 12.5. The third-order valence-electron chi connectivity index (χ3n) is 7.84. The van der Waals surface area contributed by atoms with Crippen molar-refractivity contribution >= 4 is 19.8 Å². The number of unbranched alkanes of at least 4 members (excludes halogenated alkanes) is 11. The Bertz CT molecular complexity index is 1080.